The third kappa shape index (κ3) is 3.75. The van der Waals surface area contributed by atoms with E-state index in [1.165, 1.54) is 4.88 Å². The van der Waals surface area contributed by atoms with Crippen LogP contribution in [0.15, 0.2) is 23.7 Å². The van der Waals surface area contributed by atoms with Gasteiger partial charge in [-0.15, -0.1) is 11.3 Å². The number of hydrogen-bond donors (Lipinski definition) is 1. The van der Waals surface area contributed by atoms with Crippen LogP contribution in [0.5, 0.6) is 5.75 Å². The van der Waals surface area contributed by atoms with E-state index < -0.39 is 0 Å². The fraction of sp³-hybridized carbons (Fsp3) is 0.429. The summed E-state index contributed by atoms with van der Waals surface area (Å²) in [5.41, 5.74) is 0.560. The monoisotopic (exact) mass is 278 g/mol. The Bertz CT molecular complexity index is 512. The summed E-state index contributed by atoms with van der Waals surface area (Å²) in [6.07, 6.45) is 2.51. The van der Waals surface area contributed by atoms with Gasteiger partial charge in [0.2, 0.25) is 0 Å². The van der Waals surface area contributed by atoms with E-state index in [-0.39, 0.29) is 12.5 Å². The van der Waals surface area contributed by atoms with Gasteiger partial charge in [-0.1, -0.05) is 19.9 Å². The topological polar surface area (TPSA) is 55.2 Å². The Kier molecular flexibility index (Phi) is 4.87. The molecular formula is C14H18N2O2S. The molecule has 0 aromatic carbocycles. The van der Waals surface area contributed by atoms with Gasteiger partial charge < -0.3 is 9.84 Å². The summed E-state index contributed by atoms with van der Waals surface area (Å²) in [5.74, 6) is 1.54. The van der Waals surface area contributed by atoms with E-state index in [0.717, 1.165) is 12.2 Å². The Hall–Kier alpha value is -1.46. The summed E-state index contributed by atoms with van der Waals surface area (Å²) in [6.45, 7) is 4.48. The molecule has 0 radical (unpaired) electrons. The maximum atomic E-state index is 9.34. The zero-order chi connectivity index (χ0) is 13.7. The van der Waals surface area contributed by atoms with E-state index in [9.17, 15) is 5.11 Å². The highest BCUT2D eigenvalue weighted by atomic mass is 32.1. The van der Waals surface area contributed by atoms with Gasteiger partial charge in [-0.25, -0.2) is 9.97 Å². The molecule has 0 aliphatic heterocycles. The molecule has 0 atom stereocenters. The molecule has 0 bridgehead atoms. The Balaban J connectivity index is 1.99. The maximum absolute atomic E-state index is 9.34. The molecule has 2 heterocycles. The van der Waals surface area contributed by atoms with Crippen molar-refractivity contribution < 1.29 is 9.84 Å². The van der Waals surface area contributed by atoms with Crippen LogP contribution in [0.1, 0.15) is 36.2 Å². The molecule has 1 N–H and O–H groups in total. The molecule has 2 aromatic heterocycles. The zero-order valence-corrected chi connectivity index (χ0v) is 12.0. The van der Waals surface area contributed by atoms with Crippen LogP contribution in [0.3, 0.4) is 0 Å². The van der Waals surface area contributed by atoms with Crippen LogP contribution in [-0.4, -0.2) is 21.7 Å². The first-order valence-electron chi connectivity index (χ1n) is 6.32. The molecular weight excluding hydrogens is 260 g/mol. The van der Waals surface area contributed by atoms with Crippen molar-refractivity contribution in [2.24, 2.45) is 0 Å². The fourth-order valence-corrected chi connectivity index (χ4v) is 2.34. The number of thiophene rings is 1. The van der Waals surface area contributed by atoms with Crippen LogP contribution >= 0.6 is 11.3 Å². The van der Waals surface area contributed by atoms with E-state index in [1.54, 1.807) is 17.5 Å². The van der Waals surface area contributed by atoms with Crippen molar-refractivity contribution >= 4 is 11.3 Å². The molecule has 5 heteroatoms. The van der Waals surface area contributed by atoms with Gasteiger partial charge in [-0.05, 0) is 11.4 Å². The number of rotatable bonds is 6. The highest BCUT2D eigenvalue weighted by molar-refractivity contribution is 7.09. The van der Waals surface area contributed by atoms with Gasteiger partial charge in [0, 0.05) is 17.2 Å². The minimum atomic E-state index is -0.128. The van der Waals surface area contributed by atoms with E-state index >= 15 is 0 Å². The largest absolute Gasteiger partial charge is 0.490 e. The van der Waals surface area contributed by atoms with Crippen molar-refractivity contribution in [2.75, 3.05) is 6.61 Å². The zero-order valence-electron chi connectivity index (χ0n) is 11.2. The molecule has 0 saturated carbocycles. The van der Waals surface area contributed by atoms with E-state index in [2.05, 4.69) is 21.4 Å². The van der Waals surface area contributed by atoms with Gasteiger partial charge in [0.25, 0.3) is 0 Å². The molecule has 0 fully saturated rings. The first kappa shape index (κ1) is 14.0. The smallest absolute Gasteiger partial charge is 0.161 e. The van der Waals surface area contributed by atoms with Crippen molar-refractivity contribution in [1.82, 2.24) is 9.97 Å². The van der Waals surface area contributed by atoms with Gasteiger partial charge in [0.05, 0.1) is 19.4 Å². The van der Waals surface area contributed by atoms with Crippen LogP contribution in [0.25, 0.3) is 0 Å². The predicted molar refractivity (Wildman–Crippen MR) is 75.6 cm³/mol. The quantitative estimate of drug-likeness (QED) is 0.882. The molecule has 0 unspecified atom stereocenters. The van der Waals surface area contributed by atoms with Crippen molar-refractivity contribution in [3.8, 4) is 5.75 Å². The lowest BCUT2D eigenvalue weighted by molar-refractivity contribution is 0.256. The Morgan fingerprint density at radius 3 is 2.89 bits per heavy atom. The molecule has 2 aromatic rings. The molecule has 102 valence electrons. The summed E-state index contributed by atoms with van der Waals surface area (Å²) in [4.78, 5) is 9.86. The Labute approximate surface area is 117 Å². The molecule has 4 nitrogen and oxygen atoms in total. The number of aromatic nitrogens is 2. The fourth-order valence-electron chi connectivity index (χ4n) is 1.65. The number of aliphatic hydroxyl groups is 1. The summed E-state index contributed by atoms with van der Waals surface area (Å²) >= 11 is 1.71. The third-order valence-electron chi connectivity index (χ3n) is 2.70. The minimum Gasteiger partial charge on any atom is -0.490 e. The van der Waals surface area contributed by atoms with Crippen molar-refractivity contribution in [2.45, 2.75) is 32.8 Å². The van der Waals surface area contributed by atoms with Crippen LogP contribution < -0.4 is 4.74 Å². The van der Waals surface area contributed by atoms with Crippen LogP contribution in [-0.2, 0) is 13.0 Å². The highest BCUT2D eigenvalue weighted by Crippen LogP contribution is 2.19. The van der Waals surface area contributed by atoms with E-state index in [4.69, 9.17) is 4.74 Å². The number of hydrogen-bond acceptors (Lipinski definition) is 5. The van der Waals surface area contributed by atoms with Crippen LogP contribution in [0, 0.1) is 0 Å². The van der Waals surface area contributed by atoms with Gasteiger partial charge in [0.1, 0.15) is 11.5 Å². The average Bonchev–Trinajstić information content (AvgIpc) is 2.92. The second kappa shape index (κ2) is 6.63. The average molecular weight is 278 g/mol. The molecule has 2 rings (SSSR count). The van der Waals surface area contributed by atoms with Gasteiger partial charge in [-0.3, -0.25) is 0 Å². The van der Waals surface area contributed by atoms with Gasteiger partial charge in [0.15, 0.2) is 5.75 Å². The maximum Gasteiger partial charge on any atom is 0.161 e. The standard InChI is InChI=1S/C14H18N2O2S/c1-10(2)14-15-8-13(12(9-17)16-14)18-6-5-11-4-3-7-19-11/h3-4,7-8,10,17H,5-6,9H2,1-2H3. The minimum absolute atomic E-state index is 0.128. The van der Waals surface area contributed by atoms with Crippen LogP contribution in [0.2, 0.25) is 0 Å². The number of ether oxygens (including phenoxy) is 1. The van der Waals surface area contributed by atoms with Crippen molar-refractivity contribution in [3.63, 3.8) is 0 Å². The highest BCUT2D eigenvalue weighted by Gasteiger charge is 2.10. The molecule has 19 heavy (non-hydrogen) atoms. The predicted octanol–water partition coefficient (Wildman–Crippen LogP) is 2.78. The Morgan fingerprint density at radius 1 is 1.42 bits per heavy atom. The third-order valence-corrected chi connectivity index (χ3v) is 3.64. The van der Waals surface area contributed by atoms with Gasteiger partial charge in [-0.2, -0.15) is 0 Å². The normalized spacial score (nSPS) is 10.9. The van der Waals surface area contributed by atoms with Crippen molar-refractivity contribution in [3.05, 3.63) is 40.1 Å². The van der Waals surface area contributed by atoms with Crippen molar-refractivity contribution in [1.29, 1.82) is 0 Å². The molecule has 0 aliphatic rings. The first-order chi connectivity index (χ1) is 9.20. The molecule has 0 spiro atoms. The molecule has 0 aliphatic carbocycles. The number of nitrogens with zero attached hydrogens (tertiary/aromatic N) is 2. The summed E-state index contributed by atoms with van der Waals surface area (Å²) in [5, 5.41) is 11.4. The van der Waals surface area contributed by atoms with E-state index in [0.29, 0.717) is 18.1 Å². The molecule has 0 saturated heterocycles. The summed E-state index contributed by atoms with van der Waals surface area (Å²) in [6, 6.07) is 4.11. The summed E-state index contributed by atoms with van der Waals surface area (Å²) < 4.78 is 5.66. The Morgan fingerprint density at radius 2 is 2.26 bits per heavy atom. The van der Waals surface area contributed by atoms with Gasteiger partial charge >= 0.3 is 0 Å². The second-order valence-corrected chi connectivity index (χ2v) is 5.56. The lowest BCUT2D eigenvalue weighted by Crippen LogP contribution is -2.07. The molecule has 0 amide bonds. The van der Waals surface area contributed by atoms with Crippen LogP contribution in [0.4, 0.5) is 0 Å². The second-order valence-electron chi connectivity index (χ2n) is 4.53. The SMILES string of the molecule is CC(C)c1ncc(OCCc2cccs2)c(CO)n1. The number of aliphatic hydroxyl groups excluding tert-OH is 1. The van der Waals surface area contributed by atoms with E-state index in [1.807, 2.05) is 19.9 Å². The lowest BCUT2D eigenvalue weighted by Gasteiger charge is -2.11. The summed E-state index contributed by atoms with van der Waals surface area (Å²) in [7, 11) is 0. The lowest BCUT2D eigenvalue weighted by atomic mass is 10.2. The first-order valence-corrected chi connectivity index (χ1v) is 7.20.